The molecule has 0 aromatic carbocycles. The number of hydrogen-bond acceptors (Lipinski definition) is 5. The zero-order valence-electron chi connectivity index (χ0n) is 11.4. The van der Waals surface area contributed by atoms with Crippen molar-refractivity contribution in [3.05, 3.63) is 11.9 Å². The largest absolute Gasteiger partial charge is 0.381 e. The second kappa shape index (κ2) is 5.52. The van der Waals surface area contributed by atoms with Crippen LogP contribution in [0.2, 0.25) is 0 Å². The van der Waals surface area contributed by atoms with Crippen molar-refractivity contribution < 1.29 is 4.74 Å². The number of nitrogens with zero attached hydrogens (tertiary/aromatic N) is 2. The summed E-state index contributed by atoms with van der Waals surface area (Å²) in [5.74, 6) is 2.55. The highest BCUT2D eigenvalue weighted by molar-refractivity contribution is 5.48. The van der Waals surface area contributed by atoms with Crippen molar-refractivity contribution in [2.45, 2.75) is 39.2 Å². The number of aryl methyl sites for hydroxylation is 1. The quantitative estimate of drug-likeness (QED) is 0.858. The van der Waals surface area contributed by atoms with Gasteiger partial charge in [-0.3, -0.25) is 0 Å². The summed E-state index contributed by atoms with van der Waals surface area (Å²) < 4.78 is 5.40. The normalized spacial score (nSPS) is 18.4. The van der Waals surface area contributed by atoms with Crippen molar-refractivity contribution in [3.8, 4) is 0 Å². The molecule has 0 unspecified atom stereocenters. The van der Waals surface area contributed by atoms with Crippen LogP contribution in [0.5, 0.6) is 0 Å². The van der Waals surface area contributed by atoms with E-state index < -0.39 is 0 Å². The predicted octanol–water partition coefficient (Wildman–Crippen LogP) is 2.20. The van der Waals surface area contributed by atoms with E-state index in [0.29, 0.717) is 0 Å². The number of ether oxygens (including phenoxy) is 1. The molecule has 0 spiro atoms. The van der Waals surface area contributed by atoms with Gasteiger partial charge in [-0.2, -0.15) is 0 Å². The molecule has 5 heteroatoms. The van der Waals surface area contributed by atoms with Crippen LogP contribution >= 0.6 is 0 Å². The van der Waals surface area contributed by atoms with E-state index in [1.165, 1.54) is 0 Å². The SMILES string of the molecule is CCNc1cc(NC2(C)CCOCC2)nc(C)n1. The Balaban J connectivity index is 2.12. The van der Waals surface area contributed by atoms with Gasteiger partial charge in [0.1, 0.15) is 17.5 Å². The molecule has 18 heavy (non-hydrogen) atoms. The van der Waals surface area contributed by atoms with E-state index >= 15 is 0 Å². The van der Waals surface area contributed by atoms with E-state index in [9.17, 15) is 0 Å². The lowest BCUT2D eigenvalue weighted by Crippen LogP contribution is -2.40. The Labute approximate surface area is 108 Å². The molecule has 0 aliphatic carbocycles. The fourth-order valence-electron chi connectivity index (χ4n) is 2.16. The van der Waals surface area contributed by atoms with Crippen LogP contribution in [-0.2, 0) is 4.74 Å². The summed E-state index contributed by atoms with van der Waals surface area (Å²) in [6, 6.07) is 1.97. The molecule has 1 aliphatic rings. The molecule has 1 fully saturated rings. The average Bonchev–Trinajstić information content (AvgIpc) is 2.28. The molecular formula is C13H22N4O. The molecule has 0 saturated carbocycles. The number of rotatable bonds is 4. The van der Waals surface area contributed by atoms with Crippen molar-refractivity contribution in [1.82, 2.24) is 9.97 Å². The van der Waals surface area contributed by atoms with E-state index in [4.69, 9.17) is 4.74 Å². The van der Waals surface area contributed by atoms with Gasteiger partial charge in [0.2, 0.25) is 0 Å². The molecule has 0 radical (unpaired) electrons. The van der Waals surface area contributed by atoms with Gasteiger partial charge >= 0.3 is 0 Å². The summed E-state index contributed by atoms with van der Waals surface area (Å²) >= 11 is 0. The second-order valence-corrected chi connectivity index (χ2v) is 5.01. The van der Waals surface area contributed by atoms with E-state index in [1.54, 1.807) is 0 Å². The standard InChI is InChI=1S/C13H22N4O/c1-4-14-11-9-12(16-10(2)15-11)17-13(3)5-7-18-8-6-13/h9H,4-8H2,1-3H3,(H2,14,15,16,17). The van der Waals surface area contributed by atoms with Gasteiger partial charge in [0.05, 0.1) is 0 Å². The highest BCUT2D eigenvalue weighted by Crippen LogP contribution is 2.25. The molecule has 0 bridgehead atoms. The summed E-state index contributed by atoms with van der Waals surface area (Å²) in [6.45, 7) is 8.69. The van der Waals surface area contributed by atoms with Gasteiger partial charge in [0.25, 0.3) is 0 Å². The van der Waals surface area contributed by atoms with Crippen LogP contribution in [-0.4, -0.2) is 35.3 Å². The third-order valence-electron chi connectivity index (χ3n) is 3.22. The summed E-state index contributed by atoms with van der Waals surface area (Å²) in [4.78, 5) is 8.80. The van der Waals surface area contributed by atoms with Crippen LogP contribution in [0.25, 0.3) is 0 Å². The van der Waals surface area contributed by atoms with E-state index in [1.807, 2.05) is 13.0 Å². The Bertz CT molecular complexity index is 402. The van der Waals surface area contributed by atoms with Gasteiger partial charge in [-0.25, -0.2) is 9.97 Å². The minimum absolute atomic E-state index is 0.0720. The fraction of sp³-hybridized carbons (Fsp3) is 0.692. The van der Waals surface area contributed by atoms with Gasteiger partial charge in [0, 0.05) is 31.4 Å². The highest BCUT2D eigenvalue weighted by Gasteiger charge is 2.27. The topological polar surface area (TPSA) is 59.1 Å². The first-order chi connectivity index (χ1) is 8.61. The first-order valence-corrected chi connectivity index (χ1v) is 6.57. The van der Waals surface area contributed by atoms with E-state index in [0.717, 1.165) is 50.1 Å². The van der Waals surface area contributed by atoms with Gasteiger partial charge in [0.15, 0.2) is 0 Å². The number of hydrogen-bond donors (Lipinski definition) is 2. The summed E-state index contributed by atoms with van der Waals surface area (Å²) in [5.41, 5.74) is 0.0720. The van der Waals surface area contributed by atoms with Crippen LogP contribution < -0.4 is 10.6 Å². The van der Waals surface area contributed by atoms with Crippen molar-refractivity contribution >= 4 is 11.6 Å². The maximum Gasteiger partial charge on any atom is 0.132 e. The monoisotopic (exact) mass is 250 g/mol. The molecule has 5 nitrogen and oxygen atoms in total. The van der Waals surface area contributed by atoms with E-state index in [-0.39, 0.29) is 5.54 Å². The zero-order valence-corrected chi connectivity index (χ0v) is 11.4. The molecule has 2 heterocycles. The smallest absolute Gasteiger partial charge is 0.132 e. The average molecular weight is 250 g/mol. The lowest BCUT2D eigenvalue weighted by molar-refractivity contribution is 0.0657. The third-order valence-corrected chi connectivity index (χ3v) is 3.22. The van der Waals surface area contributed by atoms with Crippen molar-refractivity contribution in [1.29, 1.82) is 0 Å². The van der Waals surface area contributed by atoms with Crippen molar-refractivity contribution in [3.63, 3.8) is 0 Å². The summed E-state index contributed by atoms with van der Waals surface area (Å²) in [5, 5.41) is 6.75. The number of anilines is 2. The third kappa shape index (κ3) is 3.32. The molecule has 1 saturated heterocycles. The van der Waals surface area contributed by atoms with Gasteiger partial charge < -0.3 is 15.4 Å². The minimum atomic E-state index is 0.0720. The van der Waals surface area contributed by atoms with Gasteiger partial charge in [-0.05, 0) is 33.6 Å². The Morgan fingerprint density at radius 2 is 1.94 bits per heavy atom. The molecule has 1 aromatic heterocycles. The number of aromatic nitrogens is 2. The maximum atomic E-state index is 5.40. The summed E-state index contributed by atoms with van der Waals surface area (Å²) in [7, 11) is 0. The van der Waals surface area contributed by atoms with Crippen molar-refractivity contribution in [2.24, 2.45) is 0 Å². The highest BCUT2D eigenvalue weighted by atomic mass is 16.5. The first kappa shape index (κ1) is 13.1. The molecule has 2 N–H and O–H groups in total. The van der Waals surface area contributed by atoms with Crippen LogP contribution in [0.1, 0.15) is 32.5 Å². The molecule has 2 rings (SSSR count). The lowest BCUT2D eigenvalue weighted by atomic mass is 9.92. The van der Waals surface area contributed by atoms with Crippen LogP contribution in [0.15, 0.2) is 6.07 Å². The van der Waals surface area contributed by atoms with E-state index in [2.05, 4.69) is 34.4 Å². The predicted molar refractivity (Wildman–Crippen MR) is 73.0 cm³/mol. The van der Waals surface area contributed by atoms with Crippen LogP contribution in [0.4, 0.5) is 11.6 Å². The molecule has 0 atom stereocenters. The van der Waals surface area contributed by atoms with Crippen molar-refractivity contribution in [2.75, 3.05) is 30.4 Å². The molecule has 0 amide bonds. The van der Waals surface area contributed by atoms with Crippen LogP contribution in [0, 0.1) is 6.92 Å². The minimum Gasteiger partial charge on any atom is -0.381 e. The second-order valence-electron chi connectivity index (χ2n) is 5.01. The lowest BCUT2D eigenvalue weighted by Gasteiger charge is -2.35. The Morgan fingerprint density at radius 1 is 1.28 bits per heavy atom. The Hall–Kier alpha value is -1.36. The molecule has 1 aliphatic heterocycles. The Kier molecular flexibility index (Phi) is 4.01. The first-order valence-electron chi connectivity index (χ1n) is 6.57. The maximum absolute atomic E-state index is 5.40. The number of nitrogens with one attached hydrogen (secondary N) is 2. The molecule has 1 aromatic rings. The summed E-state index contributed by atoms with van der Waals surface area (Å²) in [6.07, 6.45) is 2.01. The van der Waals surface area contributed by atoms with Gasteiger partial charge in [-0.1, -0.05) is 0 Å². The zero-order chi connectivity index (χ0) is 13.0. The fourth-order valence-corrected chi connectivity index (χ4v) is 2.16. The Morgan fingerprint density at radius 3 is 2.61 bits per heavy atom. The van der Waals surface area contributed by atoms with Crippen LogP contribution in [0.3, 0.4) is 0 Å². The molecule has 100 valence electrons. The van der Waals surface area contributed by atoms with Gasteiger partial charge in [-0.15, -0.1) is 0 Å². The molecular weight excluding hydrogens is 228 g/mol.